The van der Waals surface area contributed by atoms with Gasteiger partial charge in [0.15, 0.2) is 0 Å². The summed E-state index contributed by atoms with van der Waals surface area (Å²) in [6.07, 6.45) is 0.642. The van der Waals surface area contributed by atoms with Crippen molar-refractivity contribution in [3.05, 3.63) is 132 Å². The number of hydrogen-bond donors (Lipinski definition) is 8. The molecule has 0 saturated carbocycles. The maximum atomic E-state index is 14.8. The number of rotatable bonds is 38. The number of alkyl carbamates (subject to hydrolysis) is 1. The van der Waals surface area contributed by atoms with E-state index in [4.69, 9.17) is 38.9 Å². The molecule has 0 spiro atoms. The molecule has 1 aliphatic heterocycles. The van der Waals surface area contributed by atoms with E-state index in [0.29, 0.717) is 58.2 Å². The number of benzene rings is 3. The van der Waals surface area contributed by atoms with E-state index in [-0.39, 0.29) is 139 Å². The number of imide groups is 1. The standard InChI is InChI=1S/C63H73F3N12O15/c1-38(2)55(77-52(79)19-23-88-26-28-90-30-31-91-29-27-89-25-22-78-53(80)17-18-54(78)81)60(83)74-49(8-5-20-68-62(67)85)59(82)72-43-13-9-39(10-14-43)37-93-63(86)69-21-24-92-44-33-42-32-40(12-16-46(42)70-35-44)56-57(47-6-4-7-48(73-47)58(65)66)76-51(75-56)36-71-50-34-41(61(84)87-3)11-15-45(50)64/h4,6-7,9-18,32-35,38,49,55,58,71H,5,8,19-31,36-37H2,1-3H3,(H,69,86)(H,72,82)(H,74,83)(H,75,76)(H,77,79)(H3,67,68,85). The molecule has 27 nitrogen and oxygen atoms in total. The molecule has 3 aromatic carbocycles. The van der Waals surface area contributed by atoms with Crippen molar-refractivity contribution in [2.75, 3.05) is 96.8 Å². The Balaban J connectivity index is 0.830. The summed E-state index contributed by atoms with van der Waals surface area (Å²) in [4.78, 5) is 117. The fraction of sp³-hybridized carbons (Fsp3) is 0.381. The molecule has 9 N–H and O–H groups in total. The van der Waals surface area contributed by atoms with Crippen LogP contribution in [0, 0.1) is 11.7 Å². The molecule has 1 aliphatic rings. The first kappa shape index (κ1) is 70.4. The number of primary amides is 1. The molecule has 8 amide bonds. The van der Waals surface area contributed by atoms with Crippen molar-refractivity contribution in [1.29, 1.82) is 0 Å². The third-order valence-corrected chi connectivity index (χ3v) is 13.8. The Morgan fingerprint density at radius 2 is 1.46 bits per heavy atom. The highest BCUT2D eigenvalue weighted by molar-refractivity contribution is 6.12. The van der Waals surface area contributed by atoms with Crippen LogP contribution in [0.3, 0.4) is 0 Å². The number of methoxy groups -OCH3 is 1. The maximum absolute atomic E-state index is 14.8. The van der Waals surface area contributed by atoms with Crippen molar-refractivity contribution in [2.45, 2.75) is 64.8 Å². The summed E-state index contributed by atoms with van der Waals surface area (Å²) in [7, 11) is 1.21. The number of carbonyl (C=O) groups is 8. The van der Waals surface area contributed by atoms with Crippen molar-refractivity contribution >= 4 is 69.9 Å². The number of nitrogens with one attached hydrogen (secondary N) is 7. The number of amides is 8. The van der Waals surface area contributed by atoms with Gasteiger partial charge in [-0.3, -0.25) is 33.9 Å². The number of alkyl halides is 2. The molecule has 30 heteroatoms. The molecular weight excluding hydrogens is 1220 g/mol. The van der Waals surface area contributed by atoms with Gasteiger partial charge in [-0.15, -0.1) is 0 Å². The highest BCUT2D eigenvalue weighted by Crippen LogP contribution is 2.33. The lowest BCUT2D eigenvalue weighted by atomic mass is 10.0. The van der Waals surface area contributed by atoms with E-state index < -0.39 is 65.8 Å². The summed E-state index contributed by atoms with van der Waals surface area (Å²) in [6, 6.07) is 18.5. The van der Waals surface area contributed by atoms with Gasteiger partial charge in [0.25, 0.3) is 18.2 Å². The summed E-state index contributed by atoms with van der Waals surface area (Å²) in [5.74, 6) is -3.40. The number of nitrogens with zero attached hydrogens (tertiary/aromatic N) is 4. The van der Waals surface area contributed by atoms with Gasteiger partial charge in [0.1, 0.15) is 54.1 Å². The zero-order valence-corrected chi connectivity index (χ0v) is 51.3. The average molecular weight is 1300 g/mol. The van der Waals surface area contributed by atoms with Crippen LogP contribution in [0.15, 0.2) is 103 Å². The van der Waals surface area contributed by atoms with E-state index in [1.54, 1.807) is 68.4 Å². The Hall–Kier alpha value is -10.0. The molecule has 4 heterocycles. The van der Waals surface area contributed by atoms with Crippen LogP contribution in [0.5, 0.6) is 5.75 Å². The molecular formula is C63H73F3N12O15. The summed E-state index contributed by atoms with van der Waals surface area (Å²) in [6.45, 7) is 5.45. The molecule has 496 valence electrons. The number of hydrogen-bond acceptors (Lipinski definition) is 19. The average Bonchev–Trinajstić information content (AvgIpc) is 1.72. The normalized spacial score (nSPS) is 12.6. The first-order valence-electron chi connectivity index (χ1n) is 29.6. The number of ether oxygens (including phenoxy) is 7. The van der Waals surface area contributed by atoms with Crippen molar-refractivity contribution in [3.63, 3.8) is 0 Å². The molecule has 0 bridgehead atoms. The largest absolute Gasteiger partial charge is 0.490 e. The second-order valence-corrected chi connectivity index (χ2v) is 21.0. The number of aromatic nitrogens is 4. The van der Waals surface area contributed by atoms with Crippen LogP contribution in [0.25, 0.3) is 33.5 Å². The van der Waals surface area contributed by atoms with Crippen LogP contribution in [-0.4, -0.2) is 171 Å². The predicted molar refractivity (Wildman–Crippen MR) is 331 cm³/mol. The van der Waals surface area contributed by atoms with Crippen molar-refractivity contribution in [2.24, 2.45) is 11.7 Å². The number of imidazole rings is 1. The van der Waals surface area contributed by atoms with E-state index in [9.17, 15) is 51.5 Å². The number of carbonyl (C=O) groups excluding carboxylic acids is 8. The summed E-state index contributed by atoms with van der Waals surface area (Å²) in [5, 5.41) is 16.9. The minimum atomic E-state index is -2.85. The van der Waals surface area contributed by atoms with Gasteiger partial charge in [-0.1, -0.05) is 38.1 Å². The summed E-state index contributed by atoms with van der Waals surface area (Å²) >= 11 is 0. The van der Waals surface area contributed by atoms with Crippen LogP contribution in [0.1, 0.15) is 67.0 Å². The topological polar surface area (TPSA) is 357 Å². The second-order valence-electron chi connectivity index (χ2n) is 21.0. The minimum Gasteiger partial charge on any atom is -0.490 e. The Labute approximate surface area is 532 Å². The Morgan fingerprint density at radius 3 is 2.15 bits per heavy atom. The summed E-state index contributed by atoms with van der Waals surface area (Å²) < 4.78 is 80.3. The fourth-order valence-corrected chi connectivity index (χ4v) is 9.03. The monoisotopic (exact) mass is 1290 g/mol. The molecule has 2 unspecified atom stereocenters. The number of nitrogens with two attached hydrogens (primary N) is 1. The highest BCUT2D eigenvalue weighted by Gasteiger charge is 2.29. The van der Waals surface area contributed by atoms with Gasteiger partial charge in [-0.25, -0.2) is 37.5 Å². The van der Waals surface area contributed by atoms with E-state index in [1.807, 2.05) is 0 Å². The third-order valence-electron chi connectivity index (χ3n) is 13.8. The second kappa shape index (κ2) is 36.1. The van der Waals surface area contributed by atoms with Gasteiger partial charge < -0.3 is 75.8 Å². The molecule has 7 rings (SSSR count). The lowest BCUT2D eigenvalue weighted by Crippen LogP contribution is -2.54. The van der Waals surface area contributed by atoms with Crippen LogP contribution in [-0.2, 0) is 65.5 Å². The molecule has 0 fully saturated rings. The van der Waals surface area contributed by atoms with E-state index >= 15 is 0 Å². The van der Waals surface area contributed by atoms with Crippen molar-refractivity contribution in [1.82, 2.24) is 46.1 Å². The quantitative estimate of drug-likeness (QED) is 0.0128. The van der Waals surface area contributed by atoms with E-state index in [2.05, 4.69) is 51.8 Å². The van der Waals surface area contributed by atoms with Gasteiger partial charge in [0, 0.05) is 41.8 Å². The number of H-pyrrole nitrogens is 1. The van der Waals surface area contributed by atoms with Crippen molar-refractivity contribution in [3.8, 4) is 28.4 Å². The van der Waals surface area contributed by atoms with Gasteiger partial charge in [0.2, 0.25) is 17.7 Å². The lowest BCUT2D eigenvalue weighted by molar-refractivity contribution is -0.137. The Morgan fingerprint density at radius 1 is 0.753 bits per heavy atom. The first-order chi connectivity index (χ1) is 44.8. The maximum Gasteiger partial charge on any atom is 0.407 e. The van der Waals surface area contributed by atoms with Crippen LogP contribution < -0.4 is 42.4 Å². The van der Waals surface area contributed by atoms with Crippen LogP contribution in [0.2, 0.25) is 0 Å². The number of anilines is 2. The molecule has 3 aromatic heterocycles. The molecule has 0 aliphatic carbocycles. The van der Waals surface area contributed by atoms with Gasteiger partial charge >= 0.3 is 18.1 Å². The van der Waals surface area contributed by atoms with Gasteiger partial charge in [-0.2, -0.15) is 0 Å². The predicted octanol–water partition coefficient (Wildman–Crippen LogP) is 5.86. The van der Waals surface area contributed by atoms with E-state index in [0.717, 1.165) is 11.0 Å². The number of pyridine rings is 2. The van der Waals surface area contributed by atoms with Gasteiger partial charge in [0.05, 0.1) is 114 Å². The zero-order valence-electron chi connectivity index (χ0n) is 51.3. The number of esters is 1. The molecule has 0 saturated heterocycles. The number of halogens is 3. The summed E-state index contributed by atoms with van der Waals surface area (Å²) in [5.41, 5.74) is 7.79. The third kappa shape index (κ3) is 22.4. The van der Waals surface area contributed by atoms with Crippen molar-refractivity contribution < 1.29 is 84.7 Å². The molecule has 93 heavy (non-hydrogen) atoms. The highest BCUT2D eigenvalue weighted by atomic mass is 19.3. The first-order valence-corrected chi connectivity index (χ1v) is 29.6. The Bertz CT molecular complexity index is 3560. The Kier molecular flexibility index (Phi) is 27.3. The molecule has 2 atom stereocenters. The number of fused-ring (bicyclic) bond motifs is 1. The minimum absolute atomic E-state index is 0.000505. The number of urea groups is 1. The van der Waals surface area contributed by atoms with Crippen LogP contribution in [0.4, 0.5) is 34.1 Å². The lowest BCUT2D eigenvalue weighted by Gasteiger charge is -2.25. The van der Waals surface area contributed by atoms with E-state index in [1.165, 1.54) is 49.7 Å². The van der Waals surface area contributed by atoms with Crippen LogP contribution >= 0.6 is 0 Å². The smallest absolute Gasteiger partial charge is 0.407 e. The van der Waals surface area contributed by atoms with Gasteiger partial charge in [-0.05, 0) is 85.0 Å². The molecule has 6 aromatic rings. The number of aromatic amines is 1. The zero-order chi connectivity index (χ0) is 66.7. The fourth-order valence-electron chi connectivity index (χ4n) is 9.03. The molecule has 0 radical (unpaired) electrons. The SMILES string of the molecule is COC(=O)c1ccc(F)c(NCc2nc(-c3cccc(C(F)F)n3)c(-c3ccc4ncc(OCCNC(=O)OCc5ccc(NC(=O)C(CCCNC(N)=O)NC(=O)C(NC(=O)CCOCCOCCOCCOCCN6C(=O)C=CC6=O)C(C)C)cc5)cc4c3)[nH]2)c1.